The van der Waals surface area contributed by atoms with Gasteiger partial charge in [-0.25, -0.2) is 9.59 Å². The Morgan fingerprint density at radius 2 is 1.07 bits per heavy atom. The first kappa shape index (κ1) is 33.2. The summed E-state index contributed by atoms with van der Waals surface area (Å²) in [5.74, 6) is 1.09. The monoisotopic (exact) mass is 584 g/mol. The molecule has 43 heavy (non-hydrogen) atoms. The van der Waals surface area contributed by atoms with Gasteiger partial charge in [0.05, 0.1) is 26.4 Å². The van der Waals surface area contributed by atoms with E-state index in [0.717, 1.165) is 79.6 Å². The van der Waals surface area contributed by atoms with Gasteiger partial charge in [0.15, 0.2) is 0 Å². The lowest BCUT2D eigenvalue weighted by atomic mass is 10.1. The molecule has 0 heterocycles. The molecular formula is C37H44O6. The Bertz CT molecular complexity index is 1260. The van der Waals surface area contributed by atoms with Gasteiger partial charge in [-0.1, -0.05) is 61.2 Å². The van der Waals surface area contributed by atoms with Gasteiger partial charge in [0.1, 0.15) is 11.5 Å². The number of ether oxygens (including phenoxy) is 4. The maximum absolute atomic E-state index is 11.8. The van der Waals surface area contributed by atoms with Gasteiger partial charge >= 0.3 is 11.9 Å². The quantitative estimate of drug-likeness (QED) is 0.0752. The molecule has 0 saturated carbocycles. The summed E-state index contributed by atoms with van der Waals surface area (Å²) in [5.41, 5.74) is 3.66. The Labute approximate surface area is 256 Å². The number of unbranched alkanes of at least 4 members (excludes halogenated alkanes) is 6. The van der Waals surface area contributed by atoms with E-state index in [9.17, 15) is 9.59 Å². The maximum Gasteiger partial charge on any atom is 0.333 e. The Morgan fingerprint density at radius 1 is 0.605 bits per heavy atom. The second kappa shape index (κ2) is 19.7. The van der Waals surface area contributed by atoms with E-state index >= 15 is 0 Å². The van der Waals surface area contributed by atoms with Crippen molar-refractivity contribution in [1.29, 1.82) is 0 Å². The first-order valence-electron chi connectivity index (χ1n) is 15.2. The van der Waals surface area contributed by atoms with Gasteiger partial charge in [-0.15, -0.1) is 0 Å². The fourth-order valence-electron chi connectivity index (χ4n) is 4.22. The molecule has 0 N–H and O–H groups in total. The van der Waals surface area contributed by atoms with E-state index < -0.39 is 0 Å². The third kappa shape index (κ3) is 13.9. The van der Waals surface area contributed by atoms with E-state index in [1.54, 1.807) is 13.0 Å². The molecule has 3 aromatic rings. The summed E-state index contributed by atoms with van der Waals surface area (Å²) in [6.07, 6.45) is 10.9. The number of carbonyl (C=O) groups excluding carboxylic acids is 2. The summed E-state index contributed by atoms with van der Waals surface area (Å²) in [6.45, 7) is 7.43. The molecule has 0 saturated heterocycles. The lowest BCUT2D eigenvalue weighted by Crippen LogP contribution is -2.06. The lowest BCUT2D eigenvalue weighted by Gasteiger charge is -2.09. The normalized spacial score (nSPS) is 10.8. The van der Waals surface area contributed by atoms with Crippen LogP contribution in [0.3, 0.4) is 0 Å². The summed E-state index contributed by atoms with van der Waals surface area (Å²) in [5, 5.41) is 0. The van der Waals surface area contributed by atoms with Crippen LogP contribution >= 0.6 is 0 Å². The zero-order valence-electron chi connectivity index (χ0n) is 25.3. The first-order chi connectivity index (χ1) is 21.0. The maximum atomic E-state index is 11.8. The molecular weight excluding hydrogens is 540 g/mol. The van der Waals surface area contributed by atoms with E-state index in [-0.39, 0.29) is 11.9 Å². The second-order valence-electron chi connectivity index (χ2n) is 10.4. The average molecular weight is 585 g/mol. The standard InChI is InChI=1S/C37H44O6/c1-30(2)37(39)43-29-13-6-4-11-27-41-35-23-19-33(20-24-35)32-17-21-34(22-18-32)40-26-10-3-5-12-28-42-36(38)25-16-31-14-8-7-9-15-31/h7-9,14-25H,1,3-6,10-13,26-29H2,2H3/b25-16+. The molecule has 0 unspecified atom stereocenters. The highest BCUT2D eigenvalue weighted by molar-refractivity contribution is 5.87. The molecule has 0 atom stereocenters. The SMILES string of the molecule is C=C(C)C(=O)OCCCCCCOc1ccc(-c2ccc(OCCCCCCOC(=O)/C=C/c3ccccc3)cc2)cc1. The van der Waals surface area contributed by atoms with E-state index in [0.29, 0.717) is 32.0 Å². The molecule has 0 aliphatic heterocycles. The third-order valence-electron chi connectivity index (χ3n) is 6.69. The number of carbonyl (C=O) groups is 2. The Balaban J connectivity index is 1.21. The van der Waals surface area contributed by atoms with E-state index in [4.69, 9.17) is 18.9 Å². The van der Waals surface area contributed by atoms with Gasteiger partial charge in [0, 0.05) is 11.6 Å². The largest absolute Gasteiger partial charge is 0.494 e. The topological polar surface area (TPSA) is 71.1 Å². The van der Waals surface area contributed by atoms with Crippen LogP contribution < -0.4 is 9.47 Å². The summed E-state index contributed by atoms with van der Waals surface area (Å²) < 4.78 is 22.1. The van der Waals surface area contributed by atoms with Crippen molar-refractivity contribution in [3.63, 3.8) is 0 Å². The van der Waals surface area contributed by atoms with Gasteiger partial charge < -0.3 is 18.9 Å². The van der Waals surface area contributed by atoms with Crippen molar-refractivity contribution in [2.75, 3.05) is 26.4 Å². The lowest BCUT2D eigenvalue weighted by molar-refractivity contribution is -0.139. The van der Waals surface area contributed by atoms with Crippen LogP contribution in [0, 0.1) is 0 Å². The number of esters is 2. The second-order valence-corrected chi connectivity index (χ2v) is 10.4. The van der Waals surface area contributed by atoms with Crippen molar-refractivity contribution in [1.82, 2.24) is 0 Å². The summed E-state index contributed by atoms with van der Waals surface area (Å²) >= 11 is 0. The molecule has 228 valence electrons. The number of benzene rings is 3. The highest BCUT2D eigenvalue weighted by atomic mass is 16.5. The zero-order valence-corrected chi connectivity index (χ0v) is 25.3. The van der Waals surface area contributed by atoms with Crippen molar-refractivity contribution < 1.29 is 28.5 Å². The molecule has 0 aromatic heterocycles. The molecule has 0 amide bonds. The van der Waals surface area contributed by atoms with Gasteiger partial charge in [-0.3, -0.25) is 0 Å². The predicted molar refractivity (Wildman–Crippen MR) is 172 cm³/mol. The molecule has 0 fully saturated rings. The minimum absolute atomic E-state index is 0.305. The zero-order chi connectivity index (χ0) is 30.5. The predicted octanol–water partition coefficient (Wildman–Crippen LogP) is 8.61. The fraction of sp³-hybridized carbons (Fsp3) is 0.351. The van der Waals surface area contributed by atoms with Crippen molar-refractivity contribution in [3.05, 3.63) is 103 Å². The van der Waals surface area contributed by atoms with E-state index in [1.807, 2.05) is 54.6 Å². The molecule has 6 heteroatoms. The van der Waals surface area contributed by atoms with Crippen LogP contribution in [0.5, 0.6) is 11.5 Å². The Hall–Kier alpha value is -4.32. The smallest absolute Gasteiger partial charge is 0.333 e. The Morgan fingerprint density at radius 3 is 1.56 bits per heavy atom. The minimum atomic E-state index is -0.319. The number of hydrogen-bond donors (Lipinski definition) is 0. The molecule has 0 bridgehead atoms. The molecule has 6 nitrogen and oxygen atoms in total. The third-order valence-corrected chi connectivity index (χ3v) is 6.69. The molecule has 0 radical (unpaired) electrons. The van der Waals surface area contributed by atoms with Gasteiger partial charge in [0.25, 0.3) is 0 Å². The van der Waals surface area contributed by atoms with Crippen molar-refractivity contribution in [2.45, 2.75) is 58.3 Å². The highest BCUT2D eigenvalue weighted by Gasteiger charge is 2.03. The van der Waals surface area contributed by atoms with Crippen molar-refractivity contribution in [3.8, 4) is 22.6 Å². The summed E-state index contributed by atoms with van der Waals surface area (Å²) in [7, 11) is 0. The van der Waals surface area contributed by atoms with Gasteiger partial charge in [-0.05, 0) is 105 Å². The summed E-state index contributed by atoms with van der Waals surface area (Å²) in [6, 6.07) is 26.0. The van der Waals surface area contributed by atoms with Crippen LogP contribution in [-0.2, 0) is 19.1 Å². The van der Waals surface area contributed by atoms with Crippen LogP contribution in [0.25, 0.3) is 17.2 Å². The minimum Gasteiger partial charge on any atom is -0.494 e. The van der Waals surface area contributed by atoms with Crippen LogP contribution in [0.4, 0.5) is 0 Å². The molecule has 0 aliphatic carbocycles. The Kier molecular flexibility index (Phi) is 15.2. The van der Waals surface area contributed by atoms with Gasteiger partial charge in [0.2, 0.25) is 0 Å². The first-order valence-corrected chi connectivity index (χ1v) is 15.2. The molecule has 0 aliphatic rings. The fourth-order valence-corrected chi connectivity index (χ4v) is 4.22. The molecule has 0 spiro atoms. The molecule has 3 aromatic carbocycles. The van der Waals surface area contributed by atoms with E-state index in [1.165, 1.54) is 6.08 Å². The van der Waals surface area contributed by atoms with Gasteiger partial charge in [-0.2, -0.15) is 0 Å². The average Bonchev–Trinajstić information content (AvgIpc) is 3.03. The van der Waals surface area contributed by atoms with Crippen LogP contribution in [-0.4, -0.2) is 38.4 Å². The highest BCUT2D eigenvalue weighted by Crippen LogP contribution is 2.25. The van der Waals surface area contributed by atoms with Crippen LogP contribution in [0.15, 0.2) is 97.1 Å². The van der Waals surface area contributed by atoms with E-state index in [2.05, 4.69) is 30.8 Å². The van der Waals surface area contributed by atoms with Crippen LogP contribution in [0.1, 0.15) is 63.9 Å². The van der Waals surface area contributed by atoms with Crippen molar-refractivity contribution in [2.24, 2.45) is 0 Å². The number of hydrogen-bond acceptors (Lipinski definition) is 6. The number of rotatable bonds is 20. The van der Waals surface area contributed by atoms with Crippen molar-refractivity contribution >= 4 is 18.0 Å². The molecule has 3 rings (SSSR count). The van der Waals surface area contributed by atoms with Crippen LogP contribution in [0.2, 0.25) is 0 Å². The summed E-state index contributed by atoms with van der Waals surface area (Å²) in [4.78, 5) is 23.1.